The van der Waals surface area contributed by atoms with Gasteiger partial charge in [-0.25, -0.2) is 4.79 Å². The summed E-state index contributed by atoms with van der Waals surface area (Å²) in [6.45, 7) is 2.02. The van der Waals surface area contributed by atoms with Crippen LogP contribution in [0.4, 0.5) is 0 Å². The number of rotatable bonds is 1. The third-order valence-corrected chi connectivity index (χ3v) is 3.99. The van der Waals surface area contributed by atoms with Crippen LogP contribution in [0.5, 0.6) is 0 Å². The molecule has 0 heterocycles. The molecule has 0 atom stereocenters. The second kappa shape index (κ2) is 5.10. The van der Waals surface area contributed by atoms with Crippen molar-refractivity contribution in [3.8, 4) is 0 Å². The Morgan fingerprint density at radius 3 is 2.46 bits per heavy atom. The Labute approximate surface area is 118 Å². The van der Waals surface area contributed by atoms with Crippen LogP contribution in [0.3, 0.4) is 0 Å². The van der Waals surface area contributed by atoms with E-state index in [0.717, 1.165) is 7.14 Å². The van der Waals surface area contributed by atoms with Gasteiger partial charge in [0.05, 0.1) is 5.56 Å². The van der Waals surface area contributed by atoms with Gasteiger partial charge in [-0.05, 0) is 69.8 Å². The lowest BCUT2D eigenvalue weighted by Gasteiger charge is -2.04. The molecule has 2 nitrogen and oxygen atoms in total. The van der Waals surface area contributed by atoms with Gasteiger partial charge in [0.2, 0.25) is 0 Å². The lowest BCUT2D eigenvalue weighted by atomic mass is 10.1. The van der Waals surface area contributed by atoms with Crippen LogP contribution in [0.1, 0.15) is 15.9 Å². The Kier molecular flexibility index (Phi) is 4.69. The minimum Gasteiger partial charge on any atom is -0.391 e. The topological polar surface area (TPSA) is 26.3 Å². The van der Waals surface area contributed by atoms with E-state index in [2.05, 4.69) is 48.2 Å². The molecule has 0 spiro atoms. The van der Waals surface area contributed by atoms with Gasteiger partial charge in [0.1, 0.15) is 0 Å². The van der Waals surface area contributed by atoms with Crippen molar-refractivity contribution < 1.29 is 7.86 Å². The number of carbonyl (C=O) groups excluding carboxylic acids is 1. The van der Waals surface area contributed by atoms with Gasteiger partial charge in [-0.2, -0.15) is 0 Å². The van der Waals surface area contributed by atoms with E-state index in [9.17, 15) is 4.79 Å². The smallest absolute Gasteiger partial charge is 0.348 e. The highest BCUT2D eigenvalue weighted by molar-refractivity contribution is 14.1. The highest BCUT2D eigenvalue weighted by Crippen LogP contribution is 2.21. The summed E-state index contributed by atoms with van der Waals surface area (Å²) in [6.07, 6.45) is 0. The fourth-order valence-corrected chi connectivity index (χ4v) is 2.39. The van der Waals surface area contributed by atoms with Crippen LogP contribution in [0, 0.1) is 14.1 Å². The number of hydrogen-bond acceptors (Lipinski definition) is 2. The zero-order valence-electron chi connectivity index (χ0n) is 6.61. The fraction of sp³-hybridized carbons (Fsp3) is 0.125. The minimum absolute atomic E-state index is 0.289. The van der Waals surface area contributed by atoms with E-state index in [1.807, 2.05) is 19.1 Å². The maximum Gasteiger partial charge on any atom is 0.348 e. The average molecular weight is 514 g/mol. The van der Waals surface area contributed by atoms with Crippen molar-refractivity contribution in [1.29, 1.82) is 0 Å². The summed E-state index contributed by atoms with van der Waals surface area (Å²) in [4.78, 5) is 11.3. The lowest BCUT2D eigenvalue weighted by Crippen LogP contribution is -2.02. The van der Waals surface area contributed by atoms with Crippen LogP contribution in [-0.4, -0.2) is 5.97 Å². The van der Waals surface area contributed by atoms with Gasteiger partial charge in [0, 0.05) is 7.14 Å². The Bertz CT molecular complexity index is 349. The van der Waals surface area contributed by atoms with E-state index in [0.29, 0.717) is 5.56 Å². The molecule has 70 valence electrons. The summed E-state index contributed by atoms with van der Waals surface area (Å²) in [7, 11) is 0. The summed E-state index contributed by atoms with van der Waals surface area (Å²) >= 11 is 5.94. The monoisotopic (exact) mass is 514 g/mol. The van der Waals surface area contributed by atoms with E-state index < -0.39 is 0 Å². The average Bonchev–Trinajstić information content (AvgIpc) is 2.10. The van der Waals surface area contributed by atoms with Crippen molar-refractivity contribution in [3.05, 3.63) is 30.4 Å². The van der Waals surface area contributed by atoms with E-state index in [-0.39, 0.29) is 5.97 Å². The molecule has 0 unspecified atom stereocenters. The van der Waals surface area contributed by atoms with Gasteiger partial charge >= 0.3 is 5.97 Å². The lowest BCUT2D eigenvalue weighted by molar-refractivity contribution is 0.0799. The number of hydrogen-bond donors (Lipinski definition) is 0. The summed E-state index contributed by atoms with van der Waals surface area (Å²) in [6, 6.07) is 3.82. The van der Waals surface area contributed by atoms with Gasteiger partial charge in [-0.15, -0.1) is 0 Å². The Morgan fingerprint density at radius 2 is 1.92 bits per heavy atom. The first-order valence-electron chi connectivity index (χ1n) is 3.35. The van der Waals surface area contributed by atoms with E-state index in [1.54, 1.807) is 23.0 Å². The second-order valence-electron chi connectivity index (χ2n) is 2.45. The zero-order chi connectivity index (χ0) is 10.0. The van der Waals surface area contributed by atoms with Crippen LogP contribution < -0.4 is 0 Å². The van der Waals surface area contributed by atoms with E-state index in [4.69, 9.17) is 0 Å². The highest BCUT2D eigenvalue weighted by atomic mass is 127. The number of carbonyl (C=O) groups is 1. The molecular weight excluding hydrogens is 509 g/mol. The Hall–Kier alpha value is 0.880. The minimum atomic E-state index is -0.289. The van der Waals surface area contributed by atoms with E-state index in [1.165, 1.54) is 5.56 Å². The van der Waals surface area contributed by atoms with Crippen molar-refractivity contribution in [2.24, 2.45) is 0 Å². The predicted molar refractivity (Wildman–Crippen MR) is 76.0 cm³/mol. The van der Waals surface area contributed by atoms with Gasteiger partial charge in [-0.1, -0.05) is 0 Å². The molecule has 5 heteroatoms. The maximum atomic E-state index is 11.3. The standard InChI is InChI=1S/C8H5I3O2/c1-4-2-7(10)5(3-6(4)9)8(12)13-11/h2-3H,1H3. The van der Waals surface area contributed by atoms with Crippen LogP contribution in [-0.2, 0) is 3.07 Å². The van der Waals surface area contributed by atoms with Crippen LogP contribution >= 0.6 is 68.2 Å². The molecule has 0 radical (unpaired) electrons. The first-order chi connectivity index (χ1) is 6.06. The summed E-state index contributed by atoms with van der Waals surface area (Å²) in [5.41, 5.74) is 1.81. The molecule has 0 amide bonds. The molecule has 0 aliphatic rings. The van der Waals surface area contributed by atoms with E-state index >= 15 is 0 Å². The molecule has 1 aromatic carbocycles. The summed E-state index contributed by atoms with van der Waals surface area (Å²) < 4.78 is 6.64. The molecule has 0 fully saturated rings. The van der Waals surface area contributed by atoms with Gasteiger partial charge in [0.25, 0.3) is 0 Å². The van der Waals surface area contributed by atoms with Crippen molar-refractivity contribution in [2.45, 2.75) is 6.92 Å². The molecule has 1 aromatic rings. The molecular formula is C8H5I3O2. The molecule has 0 bridgehead atoms. The van der Waals surface area contributed by atoms with Crippen LogP contribution in [0.15, 0.2) is 12.1 Å². The van der Waals surface area contributed by atoms with Crippen LogP contribution in [0.25, 0.3) is 0 Å². The largest absolute Gasteiger partial charge is 0.391 e. The first-order valence-corrected chi connectivity index (χ1v) is 6.38. The van der Waals surface area contributed by atoms with Gasteiger partial charge in [0.15, 0.2) is 23.0 Å². The van der Waals surface area contributed by atoms with Crippen molar-refractivity contribution in [3.63, 3.8) is 0 Å². The molecule has 0 aromatic heterocycles. The quantitative estimate of drug-likeness (QED) is 0.535. The molecule has 1 rings (SSSR count). The zero-order valence-corrected chi connectivity index (χ0v) is 13.1. The molecule has 0 saturated heterocycles. The number of benzene rings is 1. The molecule has 0 N–H and O–H groups in total. The SMILES string of the molecule is Cc1cc(I)c(C(=O)OI)cc1I. The molecule has 13 heavy (non-hydrogen) atoms. The Morgan fingerprint density at radius 1 is 1.31 bits per heavy atom. The van der Waals surface area contributed by atoms with Crippen LogP contribution in [0.2, 0.25) is 0 Å². The summed E-state index contributed by atoms with van der Waals surface area (Å²) in [5, 5.41) is 0. The molecule has 0 saturated carbocycles. The van der Waals surface area contributed by atoms with Crippen molar-refractivity contribution >= 4 is 74.2 Å². The number of aryl methyl sites for hydroxylation is 1. The third kappa shape index (κ3) is 2.91. The second-order valence-corrected chi connectivity index (χ2v) is 5.21. The normalized spacial score (nSPS) is 9.85. The predicted octanol–water partition coefficient (Wildman–Crippen LogP) is 3.71. The molecule has 0 aliphatic carbocycles. The maximum absolute atomic E-state index is 11.3. The van der Waals surface area contributed by atoms with Gasteiger partial charge < -0.3 is 3.07 Å². The first kappa shape index (κ1) is 12.0. The Balaban J connectivity index is 3.23. The molecule has 0 aliphatic heterocycles. The number of halogens is 3. The highest BCUT2D eigenvalue weighted by Gasteiger charge is 2.12. The third-order valence-electron chi connectivity index (χ3n) is 1.54. The fourth-order valence-electron chi connectivity index (χ4n) is 0.844. The summed E-state index contributed by atoms with van der Waals surface area (Å²) in [5.74, 6) is -0.289. The van der Waals surface area contributed by atoms with Crippen molar-refractivity contribution in [2.75, 3.05) is 0 Å². The van der Waals surface area contributed by atoms with Gasteiger partial charge in [-0.3, -0.25) is 0 Å². The van der Waals surface area contributed by atoms with Crippen molar-refractivity contribution in [1.82, 2.24) is 0 Å².